The van der Waals surface area contributed by atoms with Crippen molar-refractivity contribution in [2.24, 2.45) is 0 Å². The van der Waals surface area contributed by atoms with Crippen LogP contribution in [0.25, 0.3) is 0 Å². The van der Waals surface area contributed by atoms with E-state index in [4.69, 9.17) is 4.74 Å². The number of hydrogen-bond donors (Lipinski definition) is 2. The average Bonchev–Trinajstić information content (AvgIpc) is 3.01. The molecule has 23 heavy (non-hydrogen) atoms. The van der Waals surface area contributed by atoms with Gasteiger partial charge in [0.05, 0.1) is 13.7 Å². The number of rotatable bonds is 7. The van der Waals surface area contributed by atoms with Crippen molar-refractivity contribution in [2.45, 2.75) is 32.9 Å². The molecule has 1 aromatic heterocycles. The molecule has 7 heteroatoms. The van der Waals surface area contributed by atoms with Gasteiger partial charge in [-0.2, -0.15) is 5.10 Å². The molecular weight excluding hydrogens is 294 g/mol. The van der Waals surface area contributed by atoms with Gasteiger partial charge in [0.1, 0.15) is 18.4 Å². The van der Waals surface area contributed by atoms with Crippen LogP contribution in [0.15, 0.2) is 30.9 Å². The fourth-order valence-electron chi connectivity index (χ4n) is 2.27. The first-order valence-corrected chi connectivity index (χ1v) is 7.58. The van der Waals surface area contributed by atoms with Gasteiger partial charge < -0.3 is 15.4 Å². The lowest BCUT2D eigenvalue weighted by Crippen LogP contribution is -2.43. The van der Waals surface area contributed by atoms with E-state index in [-0.39, 0.29) is 12.1 Å². The number of nitrogens with one attached hydrogen (secondary N) is 2. The zero-order valence-electron chi connectivity index (χ0n) is 13.7. The Morgan fingerprint density at radius 2 is 2.26 bits per heavy atom. The van der Waals surface area contributed by atoms with Gasteiger partial charge >= 0.3 is 6.03 Å². The molecule has 0 radical (unpaired) electrons. The van der Waals surface area contributed by atoms with Crippen LogP contribution in [-0.2, 0) is 13.0 Å². The van der Waals surface area contributed by atoms with E-state index in [9.17, 15) is 4.79 Å². The summed E-state index contributed by atoms with van der Waals surface area (Å²) in [4.78, 5) is 15.7. The van der Waals surface area contributed by atoms with Gasteiger partial charge in [0, 0.05) is 12.6 Å². The second-order valence-corrected chi connectivity index (χ2v) is 5.47. The summed E-state index contributed by atoms with van der Waals surface area (Å²) in [5.74, 6) is 0.869. The minimum Gasteiger partial charge on any atom is -0.496 e. The lowest BCUT2D eigenvalue weighted by Gasteiger charge is -2.14. The standard InChI is InChI=1S/C16H23N5O2/c1-12-4-5-14(8-15(12)23-3)6-7-18-16(22)20-13(2)9-21-11-17-10-19-21/h4-5,8,10-11,13H,6-7,9H2,1-3H3,(H2,18,20,22)/t13-/m0/s1. The van der Waals surface area contributed by atoms with Gasteiger partial charge in [0.15, 0.2) is 0 Å². The number of nitrogens with zero attached hydrogens (tertiary/aromatic N) is 3. The molecule has 0 saturated carbocycles. The minimum absolute atomic E-state index is 0.0313. The molecule has 1 heterocycles. The van der Waals surface area contributed by atoms with Gasteiger partial charge in [0.2, 0.25) is 0 Å². The monoisotopic (exact) mass is 317 g/mol. The second-order valence-electron chi connectivity index (χ2n) is 5.47. The third-order valence-corrected chi connectivity index (χ3v) is 3.48. The van der Waals surface area contributed by atoms with Crippen molar-refractivity contribution in [3.63, 3.8) is 0 Å². The highest BCUT2D eigenvalue weighted by atomic mass is 16.5. The van der Waals surface area contributed by atoms with E-state index in [1.54, 1.807) is 18.1 Å². The fourth-order valence-corrected chi connectivity index (χ4v) is 2.27. The maximum absolute atomic E-state index is 11.9. The normalized spacial score (nSPS) is 11.8. The van der Waals surface area contributed by atoms with Crippen LogP contribution in [0.3, 0.4) is 0 Å². The van der Waals surface area contributed by atoms with E-state index in [0.29, 0.717) is 13.1 Å². The second kappa shape index (κ2) is 8.17. The van der Waals surface area contributed by atoms with Crippen LogP contribution in [-0.4, -0.2) is 40.5 Å². The van der Waals surface area contributed by atoms with Crippen LogP contribution in [0.2, 0.25) is 0 Å². The summed E-state index contributed by atoms with van der Waals surface area (Å²) in [6, 6.07) is 5.86. The first-order chi connectivity index (χ1) is 11.1. The smallest absolute Gasteiger partial charge is 0.315 e. The average molecular weight is 317 g/mol. The number of hydrogen-bond acceptors (Lipinski definition) is 4. The number of aryl methyl sites for hydroxylation is 1. The zero-order chi connectivity index (χ0) is 16.7. The number of aromatic nitrogens is 3. The molecule has 7 nitrogen and oxygen atoms in total. The summed E-state index contributed by atoms with van der Waals surface area (Å²) in [7, 11) is 1.66. The van der Waals surface area contributed by atoms with E-state index in [1.807, 2.05) is 32.0 Å². The topological polar surface area (TPSA) is 81.1 Å². The Morgan fingerprint density at radius 3 is 2.96 bits per heavy atom. The van der Waals surface area contributed by atoms with Gasteiger partial charge in [-0.15, -0.1) is 0 Å². The Kier molecular flexibility index (Phi) is 5.96. The summed E-state index contributed by atoms with van der Waals surface area (Å²) < 4.78 is 6.99. The number of ether oxygens (including phenoxy) is 1. The predicted molar refractivity (Wildman–Crippen MR) is 87.5 cm³/mol. The number of urea groups is 1. The first kappa shape index (κ1) is 16.8. The van der Waals surface area contributed by atoms with Crippen molar-refractivity contribution >= 4 is 6.03 Å². The highest BCUT2D eigenvalue weighted by Gasteiger charge is 2.08. The molecule has 0 aliphatic rings. The lowest BCUT2D eigenvalue weighted by molar-refractivity contribution is 0.236. The number of methoxy groups -OCH3 is 1. The first-order valence-electron chi connectivity index (χ1n) is 7.58. The summed E-state index contributed by atoms with van der Waals surface area (Å²) in [5, 5.41) is 9.74. The van der Waals surface area contributed by atoms with Gasteiger partial charge in [-0.25, -0.2) is 9.78 Å². The van der Waals surface area contributed by atoms with Crippen LogP contribution < -0.4 is 15.4 Å². The van der Waals surface area contributed by atoms with E-state index < -0.39 is 0 Å². The van der Waals surface area contributed by atoms with Gasteiger partial charge in [-0.1, -0.05) is 12.1 Å². The zero-order valence-corrected chi connectivity index (χ0v) is 13.7. The van der Waals surface area contributed by atoms with Crippen LogP contribution in [0.4, 0.5) is 4.79 Å². The Balaban J connectivity index is 1.72. The molecule has 2 N–H and O–H groups in total. The molecule has 2 amide bonds. The summed E-state index contributed by atoms with van der Waals surface area (Å²) in [5.41, 5.74) is 2.23. The quantitative estimate of drug-likeness (QED) is 0.811. The number of carbonyl (C=O) groups excluding carboxylic acids is 1. The maximum Gasteiger partial charge on any atom is 0.315 e. The Morgan fingerprint density at radius 1 is 1.43 bits per heavy atom. The molecule has 0 aliphatic heterocycles. The van der Waals surface area contributed by atoms with Crippen LogP contribution in [0.5, 0.6) is 5.75 Å². The highest BCUT2D eigenvalue weighted by Crippen LogP contribution is 2.18. The molecule has 0 bridgehead atoms. The Labute approximate surface area is 136 Å². The van der Waals surface area contributed by atoms with Crippen LogP contribution >= 0.6 is 0 Å². The Bertz CT molecular complexity index is 627. The van der Waals surface area contributed by atoms with Crippen molar-refractivity contribution in [1.29, 1.82) is 0 Å². The van der Waals surface area contributed by atoms with E-state index in [0.717, 1.165) is 23.3 Å². The van der Waals surface area contributed by atoms with Crippen LogP contribution in [0, 0.1) is 6.92 Å². The van der Waals surface area contributed by atoms with Crippen molar-refractivity contribution in [2.75, 3.05) is 13.7 Å². The van der Waals surface area contributed by atoms with Crippen molar-refractivity contribution in [3.8, 4) is 5.75 Å². The third-order valence-electron chi connectivity index (χ3n) is 3.48. The maximum atomic E-state index is 11.9. The van der Waals surface area contributed by atoms with Crippen molar-refractivity contribution in [3.05, 3.63) is 42.0 Å². The molecule has 0 spiro atoms. The molecule has 1 aromatic carbocycles. The molecule has 1 atom stereocenters. The largest absolute Gasteiger partial charge is 0.496 e. The molecule has 0 saturated heterocycles. The SMILES string of the molecule is COc1cc(CCNC(=O)N[C@@H](C)Cn2cncn2)ccc1C. The number of carbonyl (C=O) groups is 1. The number of amides is 2. The summed E-state index contributed by atoms with van der Waals surface area (Å²) >= 11 is 0. The molecule has 124 valence electrons. The minimum atomic E-state index is -0.184. The molecular formula is C16H23N5O2. The summed E-state index contributed by atoms with van der Waals surface area (Å²) in [6.45, 7) is 5.08. The van der Waals surface area contributed by atoms with Crippen LogP contribution in [0.1, 0.15) is 18.1 Å². The van der Waals surface area contributed by atoms with Crippen molar-refractivity contribution < 1.29 is 9.53 Å². The molecule has 2 aromatic rings. The fraction of sp³-hybridized carbons (Fsp3) is 0.438. The van der Waals surface area contributed by atoms with Gasteiger partial charge in [-0.05, 0) is 37.5 Å². The van der Waals surface area contributed by atoms with Gasteiger partial charge in [0.25, 0.3) is 0 Å². The molecule has 0 aliphatic carbocycles. The van der Waals surface area contributed by atoms with Gasteiger partial charge in [-0.3, -0.25) is 4.68 Å². The van der Waals surface area contributed by atoms with E-state index in [1.165, 1.54) is 6.33 Å². The molecule has 2 rings (SSSR count). The predicted octanol–water partition coefficient (Wildman–Crippen LogP) is 1.53. The lowest BCUT2D eigenvalue weighted by atomic mass is 10.1. The summed E-state index contributed by atoms with van der Waals surface area (Å²) in [6.07, 6.45) is 3.85. The molecule has 0 unspecified atom stereocenters. The third kappa shape index (κ3) is 5.28. The van der Waals surface area contributed by atoms with Crippen molar-refractivity contribution in [1.82, 2.24) is 25.4 Å². The molecule has 0 fully saturated rings. The van der Waals surface area contributed by atoms with E-state index >= 15 is 0 Å². The number of benzene rings is 1. The van der Waals surface area contributed by atoms with E-state index in [2.05, 4.69) is 20.7 Å². The Hall–Kier alpha value is -2.57. The highest BCUT2D eigenvalue weighted by molar-refractivity contribution is 5.74.